The smallest absolute Gasteiger partial charge is 0.406 e. The second kappa shape index (κ2) is 17.0. The van der Waals surface area contributed by atoms with E-state index < -0.39 is 36.0 Å². The first-order valence-electron chi connectivity index (χ1n) is 17.4. The Morgan fingerprint density at radius 2 is 1.55 bits per heavy atom. The molecule has 5 aromatic rings. The third-order valence-corrected chi connectivity index (χ3v) is 8.73. The molecule has 0 saturated carbocycles. The highest BCUT2D eigenvalue weighted by Crippen LogP contribution is 2.31. The van der Waals surface area contributed by atoms with E-state index in [0.717, 1.165) is 49.3 Å². The highest BCUT2D eigenvalue weighted by molar-refractivity contribution is 5.85. The monoisotopic (exact) mass is 735 g/mol. The number of carbonyl (C=O) groups is 2. The molecule has 0 aliphatic heterocycles. The van der Waals surface area contributed by atoms with E-state index in [0.29, 0.717) is 33.5 Å². The number of ether oxygens (including phenoxy) is 1. The number of nitrogens with zero attached hydrogens (tertiary/aromatic N) is 3. The largest absolute Gasteiger partial charge is 0.573 e. The summed E-state index contributed by atoms with van der Waals surface area (Å²) in [6, 6.07) is 20.5. The van der Waals surface area contributed by atoms with Crippen LogP contribution in [0, 0.1) is 11.6 Å². The fraction of sp³-hybridized carbons (Fsp3) is 0.325. The van der Waals surface area contributed by atoms with Gasteiger partial charge in [0.2, 0.25) is 5.91 Å². The van der Waals surface area contributed by atoms with Gasteiger partial charge in [0.15, 0.2) is 11.6 Å². The summed E-state index contributed by atoms with van der Waals surface area (Å²) in [6.07, 6.45) is -2.91. The van der Waals surface area contributed by atoms with Gasteiger partial charge in [-0.3, -0.25) is 9.59 Å². The number of imidazole rings is 1. The van der Waals surface area contributed by atoms with Gasteiger partial charge in [0.25, 0.3) is 0 Å². The molecule has 2 atom stereocenters. The van der Waals surface area contributed by atoms with Crippen LogP contribution in [0.1, 0.15) is 62.8 Å². The SMILES string of the molecule is CCCN(CCC)c1ccc(-c2nc3cc(C(CC(C)=O)NC(=O)[C@@H](N)Cc4ccc(F)c(F)c4)ccc3n2Cc2ccc(OC(F)(F)F)cc2)cc1. The minimum absolute atomic E-state index is 0.0392. The number of aromatic nitrogens is 2. The Kier molecular flexibility index (Phi) is 12.5. The molecule has 13 heteroatoms. The molecule has 0 bridgehead atoms. The quantitative estimate of drug-likeness (QED) is 0.0990. The first kappa shape index (κ1) is 38.9. The number of carbonyl (C=O) groups excluding carboxylic acids is 2. The van der Waals surface area contributed by atoms with Crippen LogP contribution in [0.2, 0.25) is 0 Å². The van der Waals surface area contributed by atoms with Crippen molar-refractivity contribution in [1.29, 1.82) is 0 Å². The Hall–Kier alpha value is -5.30. The van der Waals surface area contributed by atoms with Gasteiger partial charge in [-0.1, -0.05) is 38.1 Å². The number of fused-ring (bicyclic) bond motifs is 1. The van der Waals surface area contributed by atoms with Gasteiger partial charge < -0.3 is 25.3 Å². The van der Waals surface area contributed by atoms with Crippen molar-refractivity contribution in [3.63, 3.8) is 0 Å². The Balaban J connectivity index is 1.49. The Labute approximate surface area is 304 Å². The summed E-state index contributed by atoms with van der Waals surface area (Å²) >= 11 is 0. The molecule has 1 aromatic heterocycles. The van der Waals surface area contributed by atoms with Crippen molar-refractivity contribution in [3.8, 4) is 17.1 Å². The van der Waals surface area contributed by atoms with Crippen LogP contribution in [0.5, 0.6) is 5.75 Å². The highest BCUT2D eigenvalue weighted by Gasteiger charge is 2.31. The summed E-state index contributed by atoms with van der Waals surface area (Å²) in [5.74, 6) is -2.54. The standard InChI is InChI=1S/C40H42F5N5O3/c1-4-18-49(19-5-2)30-12-9-28(10-13-30)38-47-36-23-29(11-17-37(36)50(38)24-26-6-14-31(15-7-26)53-40(43,44)45)35(20-25(3)51)48-39(52)34(46)22-27-8-16-32(41)33(42)21-27/h6-17,21,23,34-35H,4-5,18-20,22,24,46H2,1-3H3,(H,48,52)/t34-,35?/m0/s1. The van der Waals surface area contributed by atoms with Crippen LogP contribution < -0.4 is 20.7 Å². The van der Waals surface area contributed by atoms with E-state index in [9.17, 15) is 31.5 Å². The summed E-state index contributed by atoms with van der Waals surface area (Å²) in [7, 11) is 0. The molecule has 0 spiro atoms. The van der Waals surface area contributed by atoms with Crippen molar-refractivity contribution >= 4 is 28.4 Å². The predicted octanol–water partition coefficient (Wildman–Crippen LogP) is 8.26. The number of amides is 1. The molecule has 1 unspecified atom stereocenters. The molecular weight excluding hydrogens is 693 g/mol. The lowest BCUT2D eigenvalue weighted by Crippen LogP contribution is -2.43. The zero-order valence-electron chi connectivity index (χ0n) is 29.7. The predicted molar refractivity (Wildman–Crippen MR) is 194 cm³/mol. The Morgan fingerprint density at radius 1 is 0.887 bits per heavy atom. The normalized spacial score (nSPS) is 12.8. The molecule has 8 nitrogen and oxygen atoms in total. The summed E-state index contributed by atoms with van der Waals surface area (Å²) in [4.78, 5) is 32.9. The van der Waals surface area contributed by atoms with E-state index in [1.54, 1.807) is 24.3 Å². The van der Waals surface area contributed by atoms with Gasteiger partial charge in [0.05, 0.1) is 23.1 Å². The Bertz CT molecular complexity index is 2020. The van der Waals surface area contributed by atoms with Gasteiger partial charge in [-0.05, 0) is 104 Å². The molecule has 280 valence electrons. The molecule has 0 aliphatic carbocycles. The summed E-state index contributed by atoms with van der Waals surface area (Å²) in [5, 5.41) is 2.84. The van der Waals surface area contributed by atoms with Crippen molar-refractivity contribution in [2.24, 2.45) is 5.73 Å². The fourth-order valence-corrected chi connectivity index (χ4v) is 6.29. The third kappa shape index (κ3) is 10.2. The number of ketones is 1. The maximum absolute atomic E-state index is 13.8. The third-order valence-electron chi connectivity index (χ3n) is 8.73. The van der Waals surface area contributed by atoms with Crippen molar-refractivity contribution in [2.45, 2.75) is 71.4 Å². The van der Waals surface area contributed by atoms with Crippen LogP contribution >= 0.6 is 0 Å². The number of halogens is 5. The van der Waals surface area contributed by atoms with Gasteiger partial charge in [0, 0.05) is 37.3 Å². The first-order valence-corrected chi connectivity index (χ1v) is 17.4. The first-order chi connectivity index (χ1) is 25.2. The van der Waals surface area contributed by atoms with Crippen molar-refractivity contribution in [2.75, 3.05) is 18.0 Å². The van der Waals surface area contributed by atoms with E-state index in [-0.39, 0.29) is 30.9 Å². The molecule has 0 saturated heterocycles. The van der Waals surface area contributed by atoms with Gasteiger partial charge in [-0.2, -0.15) is 0 Å². The number of nitrogens with two attached hydrogens (primary N) is 1. The number of Topliss-reactive ketones (excluding diaryl/α,β-unsaturated/α-hetero) is 1. The molecular formula is C40H42F5N5O3. The lowest BCUT2D eigenvalue weighted by molar-refractivity contribution is -0.274. The van der Waals surface area contributed by atoms with Crippen molar-refractivity contribution in [3.05, 3.63) is 113 Å². The number of hydrogen-bond donors (Lipinski definition) is 2. The van der Waals surface area contributed by atoms with Crippen molar-refractivity contribution < 1.29 is 36.3 Å². The van der Waals surface area contributed by atoms with E-state index in [2.05, 4.69) is 28.8 Å². The molecule has 5 rings (SSSR count). The van der Waals surface area contributed by atoms with Gasteiger partial charge in [-0.25, -0.2) is 13.8 Å². The van der Waals surface area contributed by atoms with E-state index in [1.807, 2.05) is 34.9 Å². The lowest BCUT2D eigenvalue weighted by Gasteiger charge is -2.24. The minimum atomic E-state index is -4.81. The maximum atomic E-state index is 13.8. The van der Waals surface area contributed by atoms with Crippen LogP contribution in [0.25, 0.3) is 22.4 Å². The van der Waals surface area contributed by atoms with E-state index in [1.165, 1.54) is 25.1 Å². The van der Waals surface area contributed by atoms with Crippen LogP contribution in [0.3, 0.4) is 0 Å². The number of rotatable bonds is 16. The highest BCUT2D eigenvalue weighted by atomic mass is 19.4. The Morgan fingerprint density at radius 3 is 2.15 bits per heavy atom. The average molecular weight is 736 g/mol. The molecule has 0 radical (unpaired) electrons. The molecule has 3 N–H and O–H groups in total. The van der Waals surface area contributed by atoms with E-state index in [4.69, 9.17) is 10.7 Å². The van der Waals surface area contributed by atoms with E-state index >= 15 is 0 Å². The lowest BCUT2D eigenvalue weighted by atomic mass is 9.99. The zero-order chi connectivity index (χ0) is 38.3. The van der Waals surface area contributed by atoms with Gasteiger partial charge in [0.1, 0.15) is 17.4 Å². The second-order valence-corrected chi connectivity index (χ2v) is 13.0. The van der Waals surface area contributed by atoms with Crippen LogP contribution in [0.4, 0.5) is 27.6 Å². The van der Waals surface area contributed by atoms with Crippen LogP contribution in [-0.2, 0) is 22.6 Å². The summed E-state index contributed by atoms with van der Waals surface area (Å²) in [5.41, 5.74) is 11.0. The fourth-order valence-electron chi connectivity index (χ4n) is 6.29. The molecule has 1 heterocycles. The van der Waals surface area contributed by atoms with Crippen LogP contribution in [0.15, 0.2) is 84.9 Å². The number of hydrogen-bond acceptors (Lipinski definition) is 6. The van der Waals surface area contributed by atoms with Crippen molar-refractivity contribution in [1.82, 2.24) is 14.9 Å². The minimum Gasteiger partial charge on any atom is -0.406 e. The van der Waals surface area contributed by atoms with Gasteiger partial charge in [-0.15, -0.1) is 13.2 Å². The molecule has 0 aliphatic rings. The van der Waals surface area contributed by atoms with Gasteiger partial charge >= 0.3 is 6.36 Å². The summed E-state index contributed by atoms with van der Waals surface area (Å²) < 4.78 is 71.6. The maximum Gasteiger partial charge on any atom is 0.573 e. The topological polar surface area (TPSA) is 102 Å². The number of anilines is 1. The molecule has 1 amide bonds. The average Bonchev–Trinajstić information content (AvgIpc) is 3.46. The van der Waals surface area contributed by atoms with Crippen LogP contribution in [-0.4, -0.2) is 46.7 Å². The molecule has 53 heavy (non-hydrogen) atoms. The molecule has 0 fully saturated rings. The number of alkyl halides is 3. The number of benzene rings is 4. The number of nitrogens with one attached hydrogen (secondary N) is 1. The molecule has 4 aromatic carbocycles. The second-order valence-electron chi connectivity index (χ2n) is 13.0. The zero-order valence-corrected chi connectivity index (χ0v) is 29.7. The summed E-state index contributed by atoms with van der Waals surface area (Å²) in [6.45, 7) is 7.76.